The summed E-state index contributed by atoms with van der Waals surface area (Å²) in [5, 5.41) is 11.3. The molecule has 1 amide bonds. The lowest BCUT2D eigenvalue weighted by Crippen LogP contribution is -2.40. The maximum atomic E-state index is 12.6. The molecule has 2 aromatic carbocycles. The smallest absolute Gasteiger partial charge is 0.246 e. The van der Waals surface area contributed by atoms with Crippen LogP contribution in [-0.2, 0) is 4.79 Å². The van der Waals surface area contributed by atoms with E-state index in [1.807, 2.05) is 49.4 Å². The minimum absolute atomic E-state index is 0.168. The topological polar surface area (TPSA) is 44.1 Å². The second-order valence-electron chi connectivity index (χ2n) is 5.28. The van der Waals surface area contributed by atoms with Gasteiger partial charge in [-0.2, -0.15) is 5.26 Å². The fraction of sp³-hybridized carbons (Fsp3) is 0.294. The average Bonchev–Trinajstić information content (AvgIpc) is 2.48. The van der Waals surface area contributed by atoms with Crippen molar-refractivity contribution in [2.75, 3.05) is 11.4 Å². The third-order valence-corrected chi connectivity index (χ3v) is 3.43. The van der Waals surface area contributed by atoms with Crippen molar-refractivity contribution in [2.24, 2.45) is 5.41 Å². The van der Waals surface area contributed by atoms with Crippen LogP contribution in [0.3, 0.4) is 0 Å². The van der Waals surface area contributed by atoms with Crippen molar-refractivity contribution < 1.29 is 4.79 Å². The van der Waals surface area contributed by atoms with Gasteiger partial charge in [-0.1, -0.05) is 36.4 Å². The maximum absolute atomic E-state index is 12.6. The van der Waals surface area contributed by atoms with Gasteiger partial charge in [0.05, 0.1) is 11.8 Å². The van der Waals surface area contributed by atoms with Gasteiger partial charge in [0.15, 0.2) is 0 Å². The van der Waals surface area contributed by atoms with E-state index in [9.17, 15) is 10.1 Å². The number of nitrogens with zero attached hydrogens (tertiary/aromatic N) is 2. The molecule has 0 fully saturated rings. The molecule has 0 radical (unpaired) electrons. The molecule has 3 nitrogen and oxygen atoms in total. The first-order valence-corrected chi connectivity index (χ1v) is 6.72. The number of fused-ring (bicyclic) bond motifs is 1. The van der Waals surface area contributed by atoms with Crippen LogP contribution < -0.4 is 4.90 Å². The molecule has 0 saturated heterocycles. The molecule has 3 heteroatoms. The van der Waals surface area contributed by atoms with Gasteiger partial charge in [-0.15, -0.1) is 0 Å². The summed E-state index contributed by atoms with van der Waals surface area (Å²) in [6, 6.07) is 15.9. The summed E-state index contributed by atoms with van der Waals surface area (Å²) in [5.41, 5.74) is -0.161. The Balaban J connectivity index is 2.56. The Hall–Kier alpha value is -2.34. The zero-order chi connectivity index (χ0) is 14.8. The van der Waals surface area contributed by atoms with E-state index in [2.05, 4.69) is 6.07 Å². The fourth-order valence-corrected chi connectivity index (χ4v) is 2.25. The van der Waals surface area contributed by atoms with Gasteiger partial charge >= 0.3 is 0 Å². The molecular weight excluding hydrogens is 248 g/mol. The van der Waals surface area contributed by atoms with Crippen molar-refractivity contribution in [2.45, 2.75) is 20.8 Å². The quantitative estimate of drug-likeness (QED) is 0.849. The number of nitriles is 1. The van der Waals surface area contributed by atoms with E-state index in [1.54, 1.807) is 18.7 Å². The Bertz CT molecular complexity index is 677. The molecule has 0 aliphatic heterocycles. The molecule has 0 atom stereocenters. The highest BCUT2D eigenvalue weighted by molar-refractivity contribution is 6.06. The molecule has 0 aliphatic carbocycles. The number of carbonyl (C=O) groups excluding carboxylic acids is 1. The highest BCUT2D eigenvalue weighted by atomic mass is 16.2. The predicted molar refractivity (Wildman–Crippen MR) is 81.4 cm³/mol. The van der Waals surface area contributed by atoms with Crippen LogP contribution in [0.2, 0.25) is 0 Å². The standard InChI is InChI=1S/C17H18N2O/c1-4-19(16(20)17(2,3)12-18)15-11-7-9-13-8-5-6-10-14(13)15/h5-11H,4H2,1-3H3. The average molecular weight is 266 g/mol. The molecule has 2 rings (SSSR count). The van der Waals surface area contributed by atoms with Crippen molar-refractivity contribution in [3.05, 3.63) is 42.5 Å². The Morgan fingerprint density at radius 1 is 1.20 bits per heavy atom. The summed E-state index contributed by atoms with van der Waals surface area (Å²) in [4.78, 5) is 14.3. The molecule has 0 heterocycles. The molecule has 2 aromatic rings. The van der Waals surface area contributed by atoms with E-state index in [-0.39, 0.29) is 5.91 Å². The van der Waals surface area contributed by atoms with Crippen LogP contribution in [0.1, 0.15) is 20.8 Å². The number of rotatable bonds is 3. The fourth-order valence-electron chi connectivity index (χ4n) is 2.25. The monoisotopic (exact) mass is 266 g/mol. The van der Waals surface area contributed by atoms with Crippen LogP contribution in [0.25, 0.3) is 10.8 Å². The van der Waals surface area contributed by atoms with Crippen LogP contribution in [0.4, 0.5) is 5.69 Å². The second kappa shape index (κ2) is 5.34. The number of hydrogen-bond donors (Lipinski definition) is 0. The van der Waals surface area contributed by atoms with Crippen molar-refractivity contribution in [3.63, 3.8) is 0 Å². The van der Waals surface area contributed by atoms with E-state index < -0.39 is 5.41 Å². The third-order valence-electron chi connectivity index (χ3n) is 3.43. The van der Waals surface area contributed by atoms with E-state index in [4.69, 9.17) is 0 Å². The zero-order valence-corrected chi connectivity index (χ0v) is 12.1. The van der Waals surface area contributed by atoms with E-state index in [0.717, 1.165) is 16.5 Å². The largest absolute Gasteiger partial charge is 0.311 e. The highest BCUT2D eigenvalue weighted by Crippen LogP contribution is 2.29. The number of anilines is 1. The van der Waals surface area contributed by atoms with Crippen molar-refractivity contribution in [3.8, 4) is 6.07 Å². The lowest BCUT2D eigenvalue weighted by atomic mass is 9.93. The van der Waals surface area contributed by atoms with Gasteiger partial charge in [0.1, 0.15) is 5.41 Å². The van der Waals surface area contributed by atoms with Crippen molar-refractivity contribution in [1.82, 2.24) is 0 Å². The molecule has 0 bridgehead atoms. The first-order valence-electron chi connectivity index (χ1n) is 6.72. The molecule has 0 spiro atoms. The molecule has 0 unspecified atom stereocenters. The van der Waals surface area contributed by atoms with Gasteiger partial charge in [-0.05, 0) is 32.2 Å². The number of amides is 1. The predicted octanol–water partition coefficient (Wildman–Crippen LogP) is 3.74. The third kappa shape index (κ3) is 2.37. The lowest BCUT2D eigenvalue weighted by Gasteiger charge is -2.28. The SMILES string of the molecule is CCN(C(=O)C(C)(C)C#N)c1cccc2ccccc12. The normalized spacial score (nSPS) is 11.1. The Kier molecular flexibility index (Phi) is 3.76. The van der Waals surface area contributed by atoms with Crippen LogP contribution in [0.5, 0.6) is 0 Å². The Labute approximate surface area is 119 Å². The van der Waals surface area contributed by atoms with Crippen LogP contribution >= 0.6 is 0 Å². The van der Waals surface area contributed by atoms with Gasteiger partial charge in [0, 0.05) is 11.9 Å². The van der Waals surface area contributed by atoms with E-state index >= 15 is 0 Å². The maximum Gasteiger partial charge on any atom is 0.246 e. The summed E-state index contributed by atoms with van der Waals surface area (Å²) in [7, 11) is 0. The minimum atomic E-state index is -1.02. The van der Waals surface area contributed by atoms with Crippen molar-refractivity contribution >= 4 is 22.4 Å². The van der Waals surface area contributed by atoms with Crippen LogP contribution in [-0.4, -0.2) is 12.5 Å². The molecule has 102 valence electrons. The highest BCUT2D eigenvalue weighted by Gasteiger charge is 2.32. The zero-order valence-electron chi connectivity index (χ0n) is 12.1. The summed E-state index contributed by atoms with van der Waals surface area (Å²) in [5.74, 6) is -0.168. The molecule has 0 N–H and O–H groups in total. The molecule has 0 aromatic heterocycles. The number of benzene rings is 2. The van der Waals surface area contributed by atoms with Gasteiger partial charge in [-0.25, -0.2) is 0 Å². The van der Waals surface area contributed by atoms with Gasteiger partial charge in [0.25, 0.3) is 0 Å². The summed E-state index contributed by atoms with van der Waals surface area (Å²) < 4.78 is 0. The summed E-state index contributed by atoms with van der Waals surface area (Å²) >= 11 is 0. The number of carbonyl (C=O) groups is 1. The van der Waals surface area contributed by atoms with Gasteiger partial charge < -0.3 is 4.90 Å². The van der Waals surface area contributed by atoms with Crippen LogP contribution in [0, 0.1) is 16.7 Å². The first-order chi connectivity index (χ1) is 9.51. The minimum Gasteiger partial charge on any atom is -0.311 e. The molecular formula is C17H18N2O. The lowest BCUT2D eigenvalue weighted by molar-refractivity contribution is -0.124. The number of hydrogen-bond acceptors (Lipinski definition) is 2. The first kappa shape index (κ1) is 14.1. The van der Waals surface area contributed by atoms with E-state index in [0.29, 0.717) is 6.54 Å². The molecule has 0 saturated carbocycles. The summed E-state index contributed by atoms with van der Waals surface area (Å²) in [6.07, 6.45) is 0. The second-order valence-corrected chi connectivity index (χ2v) is 5.28. The molecule has 20 heavy (non-hydrogen) atoms. The van der Waals surface area contributed by atoms with E-state index in [1.165, 1.54) is 0 Å². The molecule has 0 aliphatic rings. The van der Waals surface area contributed by atoms with Gasteiger partial charge in [0.2, 0.25) is 5.91 Å². The van der Waals surface area contributed by atoms with Crippen molar-refractivity contribution in [1.29, 1.82) is 5.26 Å². The Morgan fingerprint density at radius 2 is 1.85 bits per heavy atom. The van der Waals surface area contributed by atoms with Crippen LogP contribution in [0.15, 0.2) is 42.5 Å². The Morgan fingerprint density at radius 3 is 2.50 bits per heavy atom. The summed E-state index contributed by atoms with van der Waals surface area (Å²) in [6.45, 7) is 5.78. The van der Waals surface area contributed by atoms with Gasteiger partial charge in [-0.3, -0.25) is 4.79 Å².